The lowest BCUT2D eigenvalue weighted by Crippen LogP contribution is -3.85. The summed E-state index contributed by atoms with van der Waals surface area (Å²) in [7, 11) is -3.95. The summed E-state index contributed by atoms with van der Waals surface area (Å²) < 4.78 is 35.1. The minimum Gasteiger partial charge on any atom is -0.190 e. The molecule has 0 unspecified atom stereocenters. The van der Waals surface area contributed by atoms with E-state index in [1.165, 1.54) is 16.7 Å². The van der Waals surface area contributed by atoms with Crippen LogP contribution < -0.4 is 20.2 Å². The van der Waals surface area contributed by atoms with Crippen molar-refractivity contribution in [2.45, 2.75) is 63.7 Å². The van der Waals surface area contributed by atoms with Gasteiger partial charge in [-0.3, -0.25) is 0 Å². The van der Waals surface area contributed by atoms with Crippen LogP contribution >= 0.6 is 0 Å². The molecule has 4 aromatic rings. The number of hydrogen-bond acceptors (Lipinski definition) is 3. The Morgan fingerprint density at radius 2 is 1.00 bits per heavy atom. The van der Waals surface area contributed by atoms with Gasteiger partial charge in [0.25, 0.3) is 0 Å². The molecule has 38 heavy (non-hydrogen) atoms. The Balaban J connectivity index is 1.65. The molecule has 0 aliphatic heterocycles. The molecule has 0 amide bonds. The number of hydrogen-bond donors (Lipinski definition) is 0. The van der Waals surface area contributed by atoms with Crippen molar-refractivity contribution in [2.24, 2.45) is 0 Å². The molecule has 3 nitrogen and oxygen atoms in total. The molecule has 199 valence electrons. The maximum atomic E-state index is 13.5. The molecular formula is C33H37IO3S+. The molecule has 0 fully saturated rings. The van der Waals surface area contributed by atoms with E-state index in [0.717, 1.165) is 19.1 Å². The van der Waals surface area contributed by atoms with Gasteiger partial charge in [-0.25, -0.2) is 0 Å². The summed E-state index contributed by atoms with van der Waals surface area (Å²) >= 11 is -2.78. The van der Waals surface area contributed by atoms with Gasteiger partial charge in [-0.05, 0) is 78.4 Å². The Labute approximate surface area is 236 Å². The standard InChI is InChI=1S/C33H37IO3S/c1-32(2,3)27-14-18-29(19-15-27)34(30-20-16-28(17-21-30)33(4,5)6)37-38(35,36)31-22-12-26(13-23-31)24-25-10-8-7-9-11-25/h7-23H,24H2,1-6H3/q+1. The zero-order valence-corrected chi connectivity index (χ0v) is 26.0. The monoisotopic (exact) mass is 640 g/mol. The van der Waals surface area contributed by atoms with E-state index in [0.29, 0.717) is 0 Å². The third-order valence-corrected chi connectivity index (χ3v) is 13.8. The summed E-state index contributed by atoms with van der Waals surface area (Å²) in [6.07, 6.45) is 0.751. The van der Waals surface area contributed by atoms with E-state index in [1.54, 1.807) is 12.1 Å². The minimum atomic E-state index is -3.95. The van der Waals surface area contributed by atoms with E-state index in [1.807, 2.05) is 54.6 Å². The summed E-state index contributed by atoms with van der Waals surface area (Å²) in [5.41, 5.74) is 4.68. The van der Waals surface area contributed by atoms with Crippen LogP contribution in [0.4, 0.5) is 0 Å². The van der Waals surface area contributed by atoms with E-state index < -0.39 is 30.4 Å². The first kappa shape index (κ1) is 28.5. The Morgan fingerprint density at radius 1 is 0.579 bits per heavy atom. The lowest BCUT2D eigenvalue weighted by Gasteiger charge is -2.19. The van der Waals surface area contributed by atoms with Crippen LogP contribution in [0.25, 0.3) is 0 Å². The Morgan fingerprint density at radius 3 is 1.42 bits per heavy atom. The molecule has 0 aliphatic carbocycles. The normalized spacial score (nSPS) is 12.6. The molecule has 0 saturated heterocycles. The summed E-state index contributed by atoms with van der Waals surface area (Å²) in [5, 5.41) is 0. The molecule has 0 atom stereocenters. The highest BCUT2D eigenvalue weighted by Crippen LogP contribution is 2.22. The smallest absolute Gasteiger partial charge is 0.190 e. The lowest BCUT2D eigenvalue weighted by atomic mass is 9.87. The zero-order valence-electron chi connectivity index (χ0n) is 23.0. The van der Waals surface area contributed by atoms with E-state index in [4.69, 9.17) is 2.51 Å². The first-order valence-corrected chi connectivity index (χ1v) is 17.3. The van der Waals surface area contributed by atoms with Crippen LogP contribution in [-0.4, -0.2) is 8.42 Å². The van der Waals surface area contributed by atoms with E-state index in [9.17, 15) is 8.42 Å². The summed E-state index contributed by atoms with van der Waals surface area (Å²) in [6.45, 7) is 13.0. The predicted molar refractivity (Wildman–Crippen MR) is 152 cm³/mol. The average Bonchev–Trinajstić information content (AvgIpc) is 2.87. The second-order valence-electron chi connectivity index (χ2n) is 11.6. The fraction of sp³-hybridized carbons (Fsp3) is 0.273. The van der Waals surface area contributed by atoms with Crippen molar-refractivity contribution in [2.75, 3.05) is 0 Å². The Bertz CT molecular complexity index is 1390. The van der Waals surface area contributed by atoms with Crippen molar-refractivity contribution in [3.05, 3.63) is 133 Å². The molecule has 4 rings (SSSR count). The van der Waals surface area contributed by atoms with Gasteiger partial charge in [0.15, 0.2) is 7.14 Å². The van der Waals surface area contributed by atoms with Gasteiger partial charge >= 0.3 is 30.4 Å². The van der Waals surface area contributed by atoms with Crippen molar-refractivity contribution >= 4 is 10.1 Å². The van der Waals surface area contributed by atoms with Gasteiger partial charge in [0.1, 0.15) is 0 Å². The van der Waals surface area contributed by atoms with Gasteiger partial charge in [0.05, 0.1) is 4.90 Å². The molecule has 0 saturated carbocycles. The topological polar surface area (TPSA) is 43.4 Å². The molecule has 0 bridgehead atoms. The summed E-state index contributed by atoms with van der Waals surface area (Å²) in [4.78, 5) is 0.189. The quantitative estimate of drug-likeness (QED) is 0.272. The third-order valence-electron chi connectivity index (χ3n) is 6.43. The van der Waals surface area contributed by atoms with Gasteiger partial charge in [0.2, 0.25) is 0 Å². The van der Waals surface area contributed by atoms with E-state index in [2.05, 4.69) is 77.9 Å². The fourth-order valence-electron chi connectivity index (χ4n) is 4.05. The van der Waals surface area contributed by atoms with Crippen molar-refractivity contribution in [1.29, 1.82) is 0 Å². The van der Waals surface area contributed by atoms with Crippen LogP contribution in [0, 0.1) is 7.14 Å². The highest BCUT2D eigenvalue weighted by molar-refractivity contribution is 7.86. The molecule has 5 heteroatoms. The van der Waals surface area contributed by atoms with E-state index >= 15 is 0 Å². The van der Waals surface area contributed by atoms with Crippen molar-refractivity contribution < 1.29 is 31.2 Å². The van der Waals surface area contributed by atoms with Crippen LogP contribution in [0.1, 0.15) is 63.8 Å². The second kappa shape index (κ2) is 11.3. The first-order chi connectivity index (χ1) is 17.8. The SMILES string of the molecule is CC(C)(C)c1ccc([I+](OS(=O)(=O)c2ccc(Cc3ccccc3)cc2)c2ccc(C(C)(C)C)cc2)cc1. The minimum absolute atomic E-state index is 0.0142. The molecule has 0 spiro atoms. The zero-order chi connectivity index (χ0) is 27.6. The lowest BCUT2D eigenvalue weighted by molar-refractivity contribution is -1.03. The molecule has 0 heterocycles. The maximum Gasteiger partial charge on any atom is 0.336 e. The number of benzene rings is 4. The summed E-state index contributed by atoms with van der Waals surface area (Å²) in [6, 6.07) is 33.8. The largest absolute Gasteiger partial charge is 0.336 e. The molecular weight excluding hydrogens is 603 g/mol. The molecule has 0 aromatic heterocycles. The second-order valence-corrected chi connectivity index (χ2v) is 18.1. The number of halogens is 1. The molecule has 1 radical (unpaired) electrons. The Hall–Kier alpha value is -2.48. The first-order valence-electron chi connectivity index (χ1n) is 12.8. The van der Waals surface area contributed by atoms with Gasteiger partial charge in [0, 0.05) is 0 Å². The van der Waals surface area contributed by atoms with E-state index in [-0.39, 0.29) is 15.7 Å². The molecule has 0 aliphatic rings. The average molecular weight is 641 g/mol. The highest BCUT2D eigenvalue weighted by atomic mass is 127. The molecule has 0 N–H and O–H groups in total. The maximum absolute atomic E-state index is 13.5. The highest BCUT2D eigenvalue weighted by Gasteiger charge is 2.38. The summed E-state index contributed by atoms with van der Waals surface area (Å²) in [5.74, 6) is 0. The van der Waals surface area contributed by atoms with Crippen LogP contribution in [0.2, 0.25) is 0 Å². The fourth-order valence-corrected chi connectivity index (χ4v) is 10.9. The molecule has 4 aromatic carbocycles. The van der Waals surface area contributed by atoms with Crippen LogP contribution in [0.3, 0.4) is 0 Å². The van der Waals surface area contributed by atoms with Gasteiger partial charge < -0.3 is 0 Å². The van der Waals surface area contributed by atoms with Gasteiger partial charge in [-0.1, -0.05) is 108 Å². The van der Waals surface area contributed by atoms with Crippen molar-refractivity contribution in [3.8, 4) is 0 Å². The third kappa shape index (κ3) is 7.13. The van der Waals surface area contributed by atoms with Crippen molar-refractivity contribution in [3.63, 3.8) is 0 Å². The van der Waals surface area contributed by atoms with Crippen LogP contribution in [-0.2, 0) is 29.9 Å². The van der Waals surface area contributed by atoms with Crippen LogP contribution in [0.15, 0.2) is 108 Å². The number of rotatable bonds is 7. The Kier molecular flexibility index (Phi) is 8.50. The van der Waals surface area contributed by atoms with Gasteiger partial charge in [-0.2, -0.15) is 8.42 Å². The van der Waals surface area contributed by atoms with Crippen LogP contribution in [0.5, 0.6) is 0 Å². The van der Waals surface area contributed by atoms with Crippen molar-refractivity contribution in [1.82, 2.24) is 0 Å². The predicted octanol–water partition coefficient (Wildman–Crippen LogP) is 4.86. The van der Waals surface area contributed by atoms with Gasteiger partial charge in [-0.15, -0.1) is 0 Å².